The Labute approximate surface area is 130 Å². The Morgan fingerprint density at radius 1 is 1.43 bits per heavy atom. The van der Waals surface area contributed by atoms with Crippen LogP contribution < -0.4 is 5.32 Å². The molecule has 0 bridgehead atoms. The Hall–Kier alpha value is -0.990. The van der Waals surface area contributed by atoms with Crippen LogP contribution in [-0.4, -0.2) is 91.4 Å². The highest BCUT2D eigenvalue weighted by atomic mass is 32.2. The highest BCUT2D eigenvalue weighted by molar-refractivity contribution is 7.99. The van der Waals surface area contributed by atoms with Crippen LogP contribution in [0.15, 0.2) is 0 Å². The molecule has 0 aromatic heterocycles. The molecular formula is C13H25N3O4S. The standard InChI is InChI=1S/C13H25N3O4S/c1-15(2)4-7-20-6-3-14-13(19)16-5-8-21-10-11(16)9-12(17)18/h11H,3-10H2,1-2H3,(H,14,19)(H,17,18). The number of nitrogens with zero attached hydrogens (tertiary/aromatic N) is 2. The molecule has 0 aromatic carbocycles. The Kier molecular flexibility index (Phi) is 8.48. The maximum Gasteiger partial charge on any atom is 0.317 e. The predicted molar refractivity (Wildman–Crippen MR) is 82.8 cm³/mol. The summed E-state index contributed by atoms with van der Waals surface area (Å²) >= 11 is 1.69. The molecule has 1 aliphatic heterocycles. The SMILES string of the molecule is CN(C)CCOCCNC(=O)N1CCSCC1CC(=O)O. The third-order valence-electron chi connectivity index (χ3n) is 3.10. The van der Waals surface area contributed by atoms with Crippen molar-refractivity contribution in [1.82, 2.24) is 15.1 Å². The van der Waals surface area contributed by atoms with Gasteiger partial charge in [0.15, 0.2) is 0 Å². The van der Waals surface area contributed by atoms with Crippen LogP contribution >= 0.6 is 11.8 Å². The van der Waals surface area contributed by atoms with Gasteiger partial charge in [0.2, 0.25) is 0 Å². The minimum atomic E-state index is -0.868. The van der Waals surface area contributed by atoms with Gasteiger partial charge in [-0.05, 0) is 14.1 Å². The van der Waals surface area contributed by atoms with E-state index in [1.165, 1.54) is 0 Å². The van der Waals surface area contributed by atoms with E-state index >= 15 is 0 Å². The molecule has 1 fully saturated rings. The van der Waals surface area contributed by atoms with Crippen LogP contribution in [0, 0.1) is 0 Å². The van der Waals surface area contributed by atoms with Gasteiger partial charge in [0.1, 0.15) is 0 Å². The first-order valence-corrected chi connectivity index (χ1v) is 8.22. The third kappa shape index (κ3) is 7.54. The smallest absolute Gasteiger partial charge is 0.317 e. The maximum atomic E-state index is 12.1. The number of carbonyl (C=O) groups excluding carboxylic acids is 1. The molecule has 2 N–H and O–H groups in total. The first kappa shape index (κ1) is 18.1. The van der Waals surface area contributed by atoms with Gasteiger partial charge in [0.25, 0.3) is 0 Å². The second kappa shape index (κ2) is 9.86. The Balaban J connectivity index is 2.24. The fourth-order valence-corrected chi connectivity index (χ4v) is 3.04. The van der Waals surface area contributed by atoms with Gasteiger partial charge in [0, 0.05) is 31.1 Å². The zero-order valence-corrected chi connectivity index (χ0v) is 13.5. The van der Waals surface area contributed by atoms with Crippen molar-refractivity contribution in [1.29, 1.82) is 0 Å². The van der Waals surface area contributed by atoms with Gasteiger partial charge in [-0.1, -0.05) is 0 Å². The Bertz CT molecular complexity index is 341. The summed E-state index contributed by atoms with van der Waals surface area (Å²) in [6, 6.07) is -0.423. The van der Waals surface area contributed by atoms with Crippen LogP contribution in [0.2, 0.25) is 0 Å². The lowest BCUT2D eigenvalue weighted by Crippen LogP contribution is -2.51. The molecule has 7 nitrogen and oxygen atoms in total. The highest BCUT2D eigenvalue weighted by Crippen LogP contribution is 2.18. The zero-order chi connectivity index (χ0) is 15.7. The second-order valence-electron chi connectivity index (χ2n) is 5.17. The fourth-order valence-electron chi connectivity index (χ4n) is 1.97. The number of nitrogens with one attached hydrogen (secondary N) is 1. The first-order valence-electron chi connectivity index (χ1n) is 7.07. The minimum absolute atomic E-state index is 0.000243. The summed E-state index contributed by atoms with van der Waals surface area (Å²) < 4.78 is 5.40. The molecule has 2 amide bonds. The summed E-state index contributed by atoms with van der Waals surface area (Å²) in [5.41, 5.74) is 0. The van der Waals surface area contributed by atoms with Crippen molar-refractivity contribution in [2.45, 2.75) is 12.5 Å². The van der Waals surface area contributed by atoms with Gasteiger partial charge < -0.3 is 25.0 Å². The van der Waals surface area contributed by atoms with Crippen LogP contribution in [0.5, 0.6) is 0 Å². The van der Waals surface area contributed by atoms with Crippen LogP contribution in [0.4, 0.5) is 4.79 Å². The van der Waals surface area contributed by atoms with E-state index in [1.54, 1.807) is 16.7 Å². The number of rotatable bonds is 8. The number of hydrogen-bond acceptors (Lipinski definition) is 5. The summed E-state index contributed by atoms with van der Waals surface area (Å²) in [5.74, 6) is 0.661. The van der Waals surface area contributed by atoms with E-state index in [9.17, 15) is 9.59 Å². The van der Waals surface area contributed by atoms with E-state index in [4.69, 9.17) is 9.84 Å². The summed E-state index contributed by atoms with van der Waals surface area (Å²) in [5, 5.41) is 11.7. The van der Waals surface area contributed by atoms with Crippen LogP contribution in [0.3, 0.4) is 0 Å². The zero-order valence-electron chi connectivity index (χ0n) is 12.7. The maximum absolute atomic E-state index is 12.1. The van der Waals surface area contributed by atoms with Crippen molar-refractivity contribution >= 4 is 23.8 Å². The average Bonchev–Trinajstić information content (AvgIpc) is 2.42. The van der Waals surface area contributed by atoms with E-state index in [1.807, 2.05) is 19.0 Å². The van der Waals surface area contributed by atoms with E-state index in [0.29, 0.717) is 32.1 Å². The van der Waals surface area contributed by atoms with Gasteiger partial charge in [-0.15, -0.1) is 0 Å². The number of carboxylic acids is 1. The van der Waals surface area contributed by atoms with Crippen molar-refractivity contribution in [2.24, 2.45) is 0 Å². The molecule has 1 aliphatic rings. The summed E-state index contributed by atoms with van der Waals surface area (Å²) in [6.07, 6.45) is -0.000243. The minimum Gasteiger partial charge on any atom is -0.481 e. The number of thioether (sulfide) groups is 1. The lowest BCUT2D eigenvalue weighted by molar-refractivity contribution is -0.138. The molecule has 0 spiro atoms. The van der Waals surface area contributed by atoms with Crippen molar-refractivity contribution in [2.75, 3.05) is 58.4 Å². The largest absolute Gasteiger partial charge is 0.481 e. The number of hydrogen-bond donors (Lipinski definition) is 2. The number of urea groups is 1. The van der Waals surface area contributed by atoms with Gasteiger partial charge in [0.05, 0.1) is 25.7 Å². The van der Waals surface area contributed by atoms with E-state index in [2.05, 4.69) is 5.32 Å². The quantitative estimate of drug-likeness (QED) is 0.621. The van der Waals surface area contributed by atoms with Gasteiger partial charge in [-0.2, -0.15) is 11.8 Å². The molecule has 1 unspecified atom stereocenters. The van der Waals surface area contributed by atoms with Crippen LogP contribution in [0.1, 0.15) is 6.42 Å². The Morgan fingerprint density at radius 2 is 2.19 bits per heavy atom. The van der Waals surface area contributed by atoms with Crippen LogP contribution in [-0.2, 0) is 9.53 Å². The molecule has 21 heavy (non-hydrogen) atoms. The number of carbonyl (C=O) groups is 2. The molecule has 1 atom stereocenters. The number of ether oxygens (including phenoxy) is 1. The summed E-state index contributed by atoms with van der Waals surface area (Å²) in [7, 11) is 3.95. The van der Waals surface area contributed by atoms with E-state index in [0.717, 1.165) is 12.3 Å². The Morgan fingerprint density at radius 3 is 2.86 bits per heavy atom. The van der Waals surface area contributed by atoms with Gasteiger partial charge in [-0.25, -0.2) is 4.79 Å². The molecule has 0 radical (unpaired) electrons. The number of likely N-dealkylation sites (N-methyl/N-ethyl adjacent to an activating group) is 1. The molecule has 1 rings (SSSR count). The molecule has 8 heteroatoms. The van der Waals surface area contributed by atoms with E-state index in [-0.39, 0.29) is 18.5 Å². The summed E-state index contributed by atoms with van der Waals surface area (Å²) in [4.78, 5) is 26.6. The summed E-state index contributed by atoms with van der Waals surface area (Å²) in [6.45, 7) is 2.97. The van der Waals surface area contributed by atoms with Crippen LogP contribution in [0.25, 0.3) is 0 Å². The molecule has 0 saturated carbocycles. The average molecular weight is 319 g/mol. The lowest BCUT2D eigenvalue weighted by atomic mass is 10.2. The van der Waals surface area contributed by atoms with Crippen molar-refractivity contribution in [3.8, 4) is 0 Å². The van der Waals surface area contributed by atoms with Crippen molar-refractivity contribution in [3.05, 3.63) is 0 Å². The molecule has 1 heterocycles. The number of carboxylic acid groups (broad SMARTS) is 1. The molecule has 122 valence electrons. The lowest BCUT2D eigenvalue weighted by Gasteiger charge is -2.34. The van der Waals surface area contributed by atoms with Gasteiger partial charge in [-0.3, -0.25) is 4.79 Å². The normalized spacial score (nSPS) is 18.8. The van der Waals surface area contributed by atoms with Gasteiger partial charge >= 0.3 is 12.0 Å². The molecular weight excluding hydrogens is 294 g/mol. The second-order valence-corrected chi connectivity index (χ2v) is 6.32. The topological polar surface area (TPSA) is 82.1 Å². The molecule has 1 saturated heterocycles. The predicted octanol–water partition coefficient (Wildman–Crippen LogP) is 0.166. The number of amides is 2. The monoisotopic (exact) mass is 319 g/mol. The molecule has 0 aromatic rings. The number of aliphatic carboxylic acids is 1. The van der Waals surface area contributed by atoms with Crippen molar-refractivity contribution < 1.29 is 19.4 Å². The highest BCUT2D eigenvalue weighted by Gasteiger charge is 2.28. The fraction of sp³-hybridized carbons (Fsp3) is 0.846. The third-order valence-corrected chi connectivity index (χ3v) is 4.20. The first-order chi connectivity index (χ1) is 10.0. The van der Waals surface area contributed by atoms with E-state index < -0.39 is 5.97 Å². The molecule has 0 aliphatic carbocycles. The van der Waals surface area contributed by atoms with Crippen molar-refractivity contribution in [3.63, 3.8) is 0 Å².